The summed E-state index contributed by atoms with van der Waals surface area (Å²) in [5.74, 6) is -0.0414. The Hall–Kier alpha value is -1.81. The fourth-order valence-electron chi connectivity index (χ4n) is 2.33. The number of rotatable bonds is 7. The fourth-order valence-corrected chi connectivity index (χ4v) is 2.33. The minimum Gasteiger partial charge on any atom is -0.494 e. The van der Waals surface area contributed by atoms with Crippen LogP contribution in [0.3, 0.4) is 0 Å². The van der Waals surface area contributed by atoms with Gasteiger partial charge in [-0.3, -0.25) is 0 Å². The smallest absolute Gasteiger partial charge is 0.165 e. The number of aromatic nitrogens is 1. The molecule has 0 spiro atoms. The summed E-state index contributed by atoms with van der Waals surface area (Å²) >= 11 is 0. The summed E-state index contributed by atoms with van der Waals surface area (Å²) in [7, 11) is 1.47. The molecule has 1 heterocycles. The molecule has 0 aliphatic rings. The Labute approximate surface area is 125 Å². The molecule has 4 heteroatoms. The number of halogens is 1. The second-order valence-electron chi connectivity index (χ2n) is 5.25. The summed E-state index contributed by atoms with van der Waals surface area (Å²) in [5, 5.41) is 3.41. The lowest BCUT2D eigenvalue weighted by atomic mass is 10.1. The van der Waals surface area contributed by atoms with Crippen LogP contribution >= 0.6 is 0 Å². The van der Waals surface area contributed by atoms with Crippen molar-refractivity contribution in [1.82, 2.24) is 9.88 Å². The molecule has 1 atom stereocenters. The predicted molar refractivity (Wildman–Crippen MR) is 82.9 cm³/mol. The van der Waals surface area contributed by atoms with Crippen LogP contribution < -0.4 is 10.1 Å². The van der Waals surface area contributed by atoms with E-state index in [1.54, 1.807) is 6.07 Å². The van der Waals surface area contributed by atoms with E-state index in [2.05, 4.69) is 35.3 Å². The monoisotopic (exact) mass is 290 g/mol. The normalized spacial score (nSPS) is 12.4. The molecule has 114 valence electrons. The molecule has 2 rings (SSSR count). The molecule has 0 bridgehead atoms. The van der Waals surface area contributed by atoms with Crippen molar-refractivity contribution in [2.45, 2.75) is 39.4 Å². The molecule has 0 amide bonds. The van der Waals surface area contributed by atoms with Crippen LogP contribution in [0.1, 0.15) is 37.4 Å². The number of benzene rings is 1. The molecule has 0 radical (unpaired) electrons. The largest absolute Gasteiger partial charge is 0.494 e. The van der Waals surface area contributed by atoms with Gasteiger partial charge in [-0.05, 0) is 42.7 Å². The summed E-state index contributed by atoms with van der Waals surface area (Å²) in [4.78, 5) is 0. The van der Waals surface area contributed by atoms with Gasteiger partial charge in [0.15, 0.2) is 11.6 Å². The first-order valence-corrected chi connectivity index (χ1v) is 7.35. The number of ether oxygens (including phenoxy) is 1. The second-order valence-corrected chi connectivity index (χ2v) is 5.25. The van der Waals surface area contributed by atoms with Gasteiger partial charge in [-0.1, -0.05) is 13.0 Å². The molecule has 3 nitrogen and oxygen atoms in total. The predicted octanol–water partition coefficient (Wildman–Crippen LogP) is 3.90. The van der Waals surface area contributed by atoms with E-state index in [9.17, 15) is 4.39 Å². The number of hydrogen-bond acceptors (Lipinski definition) is 2. The lowest BCUT2D eigenvalue weighted by Crippen LogP contribution is -2.18. The van der Waals surface area contributed by atoms with Gasteiger partial charge in [0.05, 0.1) is 7.11 Å². The maximum Gasteiger partial charge on any atom is 0.165 e. The van der Waals surface area contributed by atoms with Gasteiger partial charge < -0.3 is 14.6 Å². The average Bonchev–Trinajstić information content (AvgIpc) is 2.93. The highest BCUT2D eigenvalue weighted by molar-refractivity contribution is 5.30. The SMILES string of the molecule is CCCn1ccc(CNC(C)c2ccc(OC)c(F)c2)c1. The zero-order valence-electron chi connectivity index (χ0n) is 12.9. The van der Waals surface area contributed by atoms with Crippen LogP contribution in [0.5, 0.6) is 5.75 Å². The van der Waals surface area contributed by atoms with E-state index in [0.29, 0.717) is 0 Å². The van der Waals surface area contributed by atoms with Gasteiger partial charge in [0, 0.05) is 31.5 Å². The third-order valence-corrected chi connectivity index (χ3v) is 3.58. The fraction of sp³-hybridized carbons (Fsp3) is 0.412. The lowest BCUT2D eigenvalue weighted by Gasteiger charge is -2.14. The van der Waals surface area contributed by atoms with Crippen molar-refractivity contribution in [2.75, 3.05) is 7.11 Å². The Morgan fingerprint density at radius 2 is 2.14 bits per heavy atom. The first kappa shape index (κ1) is 15.6. The van der Waals surface area contributed by atoms with Crippen molar-refractivity contribution in [3.05, 3.63) is 53.6 Å². The minimum atomic E-state index is -0.322. The highest BCUT2D eigenvalue weighted by Crippen LogP contribution is 2.21. The molecule has 0 saturated carbocycles. The zero-order chi connectivity index (χ0) is 15.2. The summed E-state index contributed by atoms with van der Waals surface area (Å²) in [6.07, 6.45) is 5.37. The molecule has 1 unspecified atom stereocenters. The van der Waals surface area contributed by atoms with Crippen LogP contribution in [0.15, 0.2) is 36.7 Å². The molecule has 0 fully saturated rings. The van der Waals surface area contributed by atoms with Gasteiger partial charge in [-0.2, -0.15) is 0 Å². The Balaban J connectivity index is 1.94. The van der Waals surface area contributed by atoms with Crippen LogP contribution in [0.2, 0.25) is 0 Å². The van der Waals surface area contributed by atoms with Gasteiger partial charge in [0.1, 0.15) is 0 Å². The number of aryl methyl sites for hydroxylation is 1. The molecule has 1 aromatic carbocycles. The van der Waals surface area contributed by atoms with Crippen molar-refractivity contribution in [3.8, 4) is 5.75 Å². The third-order valence-electron chi connectivity index (χ3n) is 3.58. The Morgan fingerprint density at radius 1 is 1.33 bits per heavy atom. The van der Waals surface area contributed by atoms with Gasteiger partial charge in [-0.15, -0.1) is 0 Å². The van der Waals surface area contributed by atoms with Crippen molar-refractivity contribution in [1.29, 1.82) is 0 Å². The highest BCUT2D eigenvalue weighted by Gasteiger charge is 2.09. The van der Waals surface area contributed by atoms with Crippen molar-refractivity contribution >= 4 is 0 Å². The Morgan fingerprint density at radius 3 is 2.81 bits per heavy atom. The zero-order valence-corrected chi connectivity index (χ0v) is 12.9. The Bertz CT molecular complexity index is 580. The molecule has 1 aromatic heterocycles. The average molecular weight is 290 g/mol. The highest BCUT2D eigenvalue weighted by atomic mass is 19.1. The molecule has 2 aromatic rings. The summed E-state index contributed by atoms with van der Waals surface area (Å²) in [6, 6.07) is 7.28. The van der Waals surface area contributed by atoms with Gasteiger partial charge in [0.25, 0.3) is 0 Å². The molecular weight excluding hydrogens is 267 g/mol. The molecule has 0 saturated heterocycles. The van der Waals surface area contributed by atoms with Crippen LogP contribution in [0.25, 0.3) is 0 Å². The van der Waals surface area contributed by atoms with Gasteiger partial charge in [-0.25, -0.2) is 4.39 Å². The van der Waals surface area contributed by atoms with Crippen LogP contribution in [-0.2, 0) is 13.1 Å². The van der Waals surface area contributed by atoms with Crippen molar-refractivity contribution in [2.24, 2.45) is 0 Å². The van der Waals surface area contributed by atoms with Crippen LogP contribution in [0, 0.1) is 5.82 Å². The maximum atomic E-state index is 13.7. The number of hydrogen-bond donors (Lipinski definition) is 1. The molecule has 21 heavy (non-hydrogen) atoms. The molecule has 0 aliphatic carbocycles. The standard InChI is InChI=1S/C17H23FN2O/c1-4-8-20-9-7-14(12-20)11-19-13(2)15-5-6-17(21-3)16(18)10-15/h5-7,9-10,12-13,19H,4,8,11H2,1-3H3. The summed E-state index contributed by atoms with van der Waals surface area (Å²) in [6.45, 7) is 6.01. The van der Waals surface area contributed by atoms with E-state index in [4.69, 9.17) is 4.74 Å². The van der Waals surface area contributed by atoms with E-state index in [-0.39, 0.29) is 17.6 Å². The molecule has 0 aliphatic heterocycles. The quantitative estimate of drug-likeness (QED) is 0.837. The summed E-state index contributed by atoms with van der Waals surface area (Å²) < 4.78 is 20.8. The number of nitrogens with one attached hydrogen (secondary N) is 1. The topological polar surface area (TPSA) is 26.2 Å². The third kappa shape index (κ3) is 4.08. The van der Waals surface area contributed by atoms with Gasteiger partial charge in [0.2, 0.25) is 0 Å². The number of nitrogens with zero attached hydrogens (tertiary/aromatic N) is 1. The van der Waals surface area contributed by atoms with E-state index in [0.717, 1.165) is 25.1 Å². The van der Waals surface area contributed by atoms with E-state index in [1.165, 1.54) is 18.7 Å². The van der Waals surface area contributed by atoms with Crippen molar-refractivity contribution in [3.63, 3.8) is 0 Å². The molecular formula is C17H23FN2O. The second kappa shape index (κ2) is 7.27. The maximum absolute atomic E-state index is 13.7. The van der Waals surface area contributed by atoms with Crippen LogP contribution in [0.4, 0.5) is 4.39 Å². The van der Waals surface area contributed by atoms with E-state index in [1.807, 2.05) is 13.0 Å². The van der Waals surface area contributed by atoms with Crippen molar-refractivity contribution < 1.29 is 9.13 Å². The van der Waals surface area contributed by atoms with Crippen LogP contribution in [-0.4, -0.2) is 11.7 Å². The number of methoxy groups -OCH3 is 1. The lowest BCUT2D eigenvalue weighted by molar-refractivity contribution is 0.385. The first-order chi connectivity index (χ1) is 10.1. The first-order valence-electron chi connectivity index (χ1n) is 7.35. The molecule has 1 N–H and O–H groups in total. The van der Waals surface area contributed by atoms with E-state index < -0.39 is 0 Å². The summed E-state index contributed by atoms with van der Waals surface area (Å²) in [5.41, 5.74) is 2.16. The van der Waals surface area contributed by atoms with Gasteiger partial charge >= 0.3 is 0 Å². The minimum absolute atomic E-state index is 0.0833. The van der Waals surface area contributed by atoms with E-state index >= 15 is 0 Å². The Kier molecular flexibility index (Phi) is 5.39.